The maximum atomic E-state index is 11.3. The van der Waals surface area contributed by atoms with Gasteiger partial charge in [0.05, 0.1) is 5.60 Å². The minimum absolute atomic E-state index is 0.578. The molecule has 1 N–H and O–H groups in total. The largest absolute Gasteiger partial charge is 0.385 e. The molecular weight excluding hydrogens is 258 g/mol. The minimum atomic E-state index is -0.615. The number of aliphatic hydroxyl groups is 1. The molecule has 1 saturated carbocycles. The molecule has 1 aliphatic heterocycles. The molecule has 0 aromatic heterocycles. The standard InChI is InChI=1S/C19H29NO/c1-15(2)20-13-6-11-19(21,12-14-20)18-10-4-3-9-17(18)16-7-5-8-16/h3-4,9-10,15-16,21H,5-8,11-14H2,1-2H3. The van der Waals surface area contributed by atoms with Crippen molar-refractivity contribution in [1.29, 1.82) is 0 Å². The fourth-order valence-electron chi connectivity index (χ4n) is 3.92. The molecule has 1 saturated heterocycles. The van der Waals surface area contributed by atoms with Crippen molar-refractivity contribution in [2.24, 2.45) is 0 Å². The zero-order chi connectivity index (χ0) is 14.9. The monoisotopic (exact) mass is 287 g/mol. The number of hydrogen-bond donors (Lipinski definition) is 1. The van der Waals surface area contributed by atoms with Crippen molar-refractivity contribution in [3.63, 3.8) is 0 Å². The zero-order valence-corrected chi connectivity index (χ0v) is 13.5. The maximum absolute atomic E-state index is 11.3. The van der Waals surface area contributed by atoms with Gasteiger partial charge in [0.1, 0.15) is 0 Å². The van der Waals surface area contributed by atoms with Crippen molar-refractivity contribution in [1.82, 2.24) is 4.90 Å². The highest BCUT2D eigenvalue weighted by molar-refractivity contribution is 5.36. The first-order valence-corrected chi connectivity index (χ1v) is 8.66. The molecule has 1 aromatic rings. The van der Waals surface area contributed by atoms with Gasteiger partial charge in [-0.2, -0.15) is 0 Å². The molecule has 2 aliphatic rings. The number of hydrogen-bond acceptors (Lipinski definition) is 2. The summed E-state index contributed by atoms with van der Waals surface area (Å²) in [6, 6.07) is 9.24. The smallest absolute Gasteiger partial charge is 0.0912 e. The predicted octanol–water partition coefficient (Wildman–Crippen LogP) is 4.04. The Balaban J connectivity index is 1.85. The average molecular weight is 287 g/mol. The lowest BCUT2D eigenvalue weighted by molar-refractivity contribution is 0.0188. The van der Waals surface area contributed by atoms with Crippen molar-refractivity contribution in [2.45, 2.75) is 69.9 Å². The van der Waals surface area contributed by atoms with Gasteiger partial charge in [-0.25, -0.2) is 0 Å². The van der Waals surface area contributed by atoms with Crippen LogP contribution in [0, 0.1) is 0 Å². The Hall–Kier alpha value is -0.860. The van der Waals surface area contributed by atoms with Crippen LogP contribution in [0.1, 0.15) is 69.4 Å². The molecular formula is C19H29NO. The quantitative estimate of drug-likeness (QED) is 0.907. The van der Waals surface area contributed by atoms with E-state index in [1.807, 2.05) is 0 Å². The molecule has 0 bridgehead atoms. The molecule has 21 heavy (non-hydrogen) atoms. The molecule has 1 aliphatic carbocycles. The Bertz CT molecular complexity index is 480. The van der Waals surface area contributed by atoms with E-state index >= 15 is 0 Å². The zero-order valence-electron chi connectivity index (χ0n) is 13.5. The van der Waals surface area contributed by atoms with Gasteiger partial charge in [-0.05, 0) is 69.5 Å². The second-order valence-electron chi connectivity index (χ2n) is 7.23. The van der Waals surface area contributed by atoms with Crippen LogP contribution in [-0.4, -0.2) is 29.1 Å². The molecule has 2 nitrogen and oxygen atoms in total. The van der Waals surface area contributed by atoms with E-state index in [0.717, 1.165) is 32.4 Å². The topological polar surface area (TPSA) is 23.5 Å². The summed E-state index contributed by atoms with van der Waals surface area (Å²) in [5.74, 6) is 0.690. The van der Waals surface area contributed by atoms with Gasteiger partial charge in [-0.3, -0.25) is 0 Å². The SMILES string of the molecule is CC(C)N1CCCC(O)(c2ccccc2C2CCC2)CC1. The fourth-order valence-corrected chi connectivity index (χ4v) is 3.92. The highest BCUT2D eigenvalue weighted by atomic mass is 16.3. The van der Waals surface area contributed by atoms with Crippen LogP contribution >= 0.6 is 0 Å². The Morgan fingerprint density at radius 2 is 1.86 bits per heavy atom. The van der Waals surface area contributed by atoms with Crippen LogP contribution < -0.4 is 0 Å². The Kier molecular flexibility index (Phi) is 4.37. The average Bonchev–Trinajstić information content (AvgIpc) is 2.60. The van der Waals surface area contributed by atoms with Crippen molar-refractivity contribution >= 4 is 0 Å². The van der Waals surface area contributed by atoms with Crippen LogP contribution in [0.3, 0.4) is 0 Å². The second-order valence-corrected chi connectivity index (χ2v) is 7.23. The summed E-state index contributed by atoms with van der Waals surface area (Å²) in [6.45, 7) is 6.64. The molecule has 3 rings (SSSR count). The van der Waals surface area contributed by atoms with Crippen LogP contribution in [0.2, 0.25) is 0 Å². The molecule has 1 atom stereocenters. The third-order valence-electron chi connectivity index (χ3n) is 5.59. The van der Waals surface area contributed by atoms with Crippen LogP contribution in [0.5, 0.6) is 0 Å². The summed E-state index contributed by atoms with van der Waals surface area (Å²) in [7, 11) is 0. The molecule has 0 radical (unpaired) electrons. The lowest BCUT2D eigenvalue weighted by atomic mass is 9.73. The molecule has 1 aromatic carbocycles. The third-order valence-corrected chi connectivity index (χ3v) is 5.59. The van der Waals surface area contributed by atoms with Crippen molar-refractivity contribution < 1.29 is 5.11 Å². The van der Waals surface area contributed by atoms with Gasteiger partial charge in [0, 0.05) is 12.6 Å². The van der Waals surface area contributed by atoms with Gasteiger partial charge in [0.15, 0.2) is 0 Å². The van der Waals surface area contributed by atoms with Gasteiger partial charge in [0.25, 0.3) is 0 Å². The molecule has 1 heterocycles. The highest BCUT2D eigenvalue weighted by Crippen LogP contribution is 2.43. The van der Waals surface area contributed by atoms with E-state index in [1.54, 1.807) is 0 Å². The summed E-state index contributed by atoms with van der Waals surface area (Å²) >= 11 is 0. The minimum Gasteiger partial charge on any atom is -0.385 e. The first-order valence-electron chi connectivity index (χ1n) is 8.66. The van der Waals surface area contributed by atoms with Crippen molar-refractivity contribution in [2.75, 3.05) is 13.1 Å². The Morgan fingerprint density at radius 3 is 2.52 bits per heavy atom. The van der Waals surface area contributed by atoms with Gasteiger partial charge in [-0.15, -0.1) is 0 Å². The van der Waals surface area contributed by atoms with Crippen LogP contribution in [0.4, 0.5) is 0 Å². The molecule has 2 heteroatoms. The second kappa shape index (κ2) is 6.10. The number of rotatable bonds is 3. The van der Waals surface area contributed by atoms with E-state index in [9.17, 15) is 5.11 Å². The number of benzene rings is 1. The van der Waals surface area contributed by atoms with Crippen LogP contribution in [-0.2, 0) is 5.60 Å². The first kappa shape index (κ1) is 15.1. The predicted molar refractivity (Wildman–Crippen MR) is 87.5 cm³/mol. The summed E-state index contributed by atoms with van der Waals surface area (Å²) in [6.07, 6.45) is 6.80. The number of likely N-dealkylation sites (tertiary alicyclic amines) is 1. The van der Waals surface area contributed by atoms with E-state index in [-0.39, 0.29) is 0 Å². The lowest BCUT2D eigenvalue weighted by Crippen LogP contribution is -2.34. The van der Waals surface area contributed by atoms with E-state index in [0.29, 0.717) is 12.0 Å². The Morgan fingerprint density at radius 1 is 1.10 bits per heavy atom. The lowest BCUT2D eigenvalue weighted by Gasteiger charge is -2.35. The van der Waals surface area contributed by atoms with Gasteiger partial charge in [0.2, 0.25) is 0 Å². The van der Waals surface area contributed by atoms with E-state index in [2.05, 4.69) is 43.0 Å². The maximum Gasteiger partial charge on any atom is 0.0912 e. The molecule has 116 valence electrons. The van der Waals surface area contributed by atoms with E-state index in [4.69, 9.17) is 0 Å². The first-order chi connectivity index (χ1) is 10.1. The summed E-state index contributed by atoms with van der Waals surface area (Å²) in [5, 5.41) is 11.3. The molecule has 0 spiro atoms. The normalized spacial score (nSPS) is 28.4. The molecule has 1 unspecified atom stereocenters. The van der Waals surface area contributed by atoms with Gasteiger partial charge < -0.3 is 10.0 Å². The van der Waals surface area contributed by atoms with Crippen molar-refractivity contribution in [3.05, 3.63) is 35.4 Å². The summed E-state index contributed by atoms with van der Waals surface area (Å²) < 4.78 is 0. The van der Waals surface area contributed by atoms with Crippen molar-refractivity contribution in [3.8, 4) is 0 Å². The van der Waals surface area contributed by atoms with Crippen LogP contribution in [0.15, 0.2) is 24.3 Å². The molecule has 2 fully saturated rings. The summed E-state index contributed by atoms with van der Waals surface area (Å²) in [4.78, 5) is 2.50. The van der Waals surface area contributed by atoms with Gasteiger partial charge >= 0.3 is 0 Å². The highest BCUT2D eigenvalue weighted by Gasteiger charge is 2.36. The summed E-state index contributed by atoms with van der Waals surface area (Å²) in [5.41, 5.74) is 2.03. The number of nitrogens with zero attached hydrogens (tertiary/aromatic N) is 1. The third kappa shape index (κ3) is 3.02. The van der Waals surface area contributed by atoms with E-state index < -0.39 is 5.60 Å². The van der Waals surface area contributed by atoms with Crippen LogP contribution in [0.25, 0.3) is 0 Å². The Labute approximate surface area is 129 Å². The molecule has 0 amide bonds. The van der Waals surface area contributed by atoms with E-state index in [1.165, 1.54) is 30.4 Å². The fraction of sp³-hybridized carbons (Fsp3) is 0.684. The van der Waals surface area contributed by atoms with Gasteiger partial charge in [-0.1, -0.05) is 30.7 Å².